The van der Waals surface area contributed by atoms with Crippen LogP contribution in [-0.4, -0.2) is 22.4 Å². The Morgan fingerprint density at radius 1 is 0.500 bits per heavy atom. The molecule has 0 saturated carbocycles. The van der Waals surface area contributed by atoms with Crippen LogP contribution in [0.5, 0.6) is 0 Å². The van der Waals surface area contributed by atoms with E-state index in [0.717, 1.165) is 0 Å². The first kappa shape index (κ1) is 22.5. The molecule has 0 N–H and O–H groups in total. The summed E-state index contributed by atoms with van der Waals surface area (Å²) >= 11 is 0. The molecule has 0 aromatic heterocycles. The van der Waals surface area contributed by atoms with Crippen molar-refractivity contribution >= 4 is 26.3 Å². The van der Waals surface area contributed by atoms with Crippen LogP contribution in [0.2, 0.25) is 0 Å². The van der Waals surface area contributed by atoms with Gasteiger partial charge in [0.05, 0.1) is 0 Å². The van der Waals surface area contributed by atoms with Crippen molar-refractivity contribution in [2.45, 2.75) is 94.4 Å². The van der Waals surface area contributed by atoms with Crippen molar-refractivity contribution in [3.63, 3.8) is 0 Å². The summed E-state index contributed by atoms with van der Waals surface area (Å²) in [5.74, 6) is 0.0453. The topological polar surface area (TPSA) is 34.1 Å². The Morgan fingerprint density at radius 2 is 0.731 bits per heavy atom. The quantitative estimate of drug-likeness (QED) is 0.408. The second kappa shape index (κ2) is 6.35. The standard InChI is InChI=1S/C22H40O2P2/c1-19(2,3)13-15(21(7,8)9)25-18(24)14(20(4,5)6)16(22(10,11)12)26(25)17(13)23/h13-16H,1-12H3/t13-,14-,15+,16+,25?,26?/m0/s1. The van der Waals surface area contributed by atoms with Crippen LogP contribution in [-0.2, 0) is 9.59 Å². The van der Waals surface area contributed by atoms with Crippen LogP contribution >= 0.6 is 15.2 Å². The largest absolute Gasteiger partial charge is 0.294 e. The molecule has 0 amide bonds. The molecule has 2 fully saturated rings. The van der Waals surface area contributed by atoms with Crippen LogP contribution in [0.15, 0.2) is 0 Å². The predicted octanol–water partition coefficient (Wildman–Crippen LogP) is 7.10. The molecule has 0 bridgehead atoms. The van der Waals surface area contributed by atoms with Gasteiger partial charge in [-0.05, 0) is 21.7 Å². The highest BCUT2D eigenvalue weighted by molar-refractivity contribution is 8.44. The van der Waals surface area contributed by atoms with Crippen molar-refractivity contribution in [2.24, 2.45) is 33.5 Å². The first-order chi connectivity index (χ1) is 11.3. The van der Waals surface area contributed by atoms with E-state index in [0.29, 0.717) is 11.0 Å². The van der Waals surface area contributed by atoms with Gasteiger partial charge in [0.2, 0.25) is 0 Å². The lowest BCUT2D eigenvalue weighted by molar-refractivity contribution is -0.119. The SMILES string of the molecule is CC(C)(C)[C@@H]1C(=O)P2[C@@H](C(C)(C)C)[C@H](C(C)(C)C)C(=O)P2[C@H]1C(C)(C)C. The summed E-state index contributed by atoms with van der Waals surface area (Å²) in [5.41, 5.74) is 1.18. The second-order valence-electron chi connectivity index (χ2n) is 12.7. The van der Waals surface area contributed by atoms with Gasteiger partial charge in [0.15, 0.2) is 11.0 Å². The van der Waals surface area contributed by atoms with Crippen molar-refractivity contribution in [3.05, 3.63) is 0 Å². The molecule has 0 aromatic carbocycles. The van der Waals surface area contributed by atoms with E-state index in [-0.39, 0.29) is 44.8 Å². The third-order valence-electron chi connectivity index (χ3n) is 6.01. The lowest BCUT2D eigenvalue weighted by Gasteiger charge is -2.42. The molecule has 2 aliphatic rings. The van der Waals surface area contributed by atoms with Crippen LogP contribution in [0, 0.1) is 33.5 Å². The molecule has 2 rings (SSSR count). The molecule has 150 valence electrons. The van der Waals surface area contributed by atoms with Gasteiger partial charge >= 0.3 is 0 Å². The smallest absolute Gasteiger partial charge is 0.163 e. The molecule has 0 aliphatic carbocycles. The molecule has 2 saturated heterocycles. The van der Waals surface area contributed by atoms with Crippen molar-refractivity contribution in [3.8, 4) is 0 Å². The maximum absolute atomic E-state index is 13.9. The van der Waals surface area contributed by atoms with Crippen molar-refractivity contribution in [2.75, 3.05) is 0 Å². The third-order valence-corrected chi connectivity index (χ3v) is 15.2. The molecular weight excluding hydrogens is 358 g/mol. The van der Waals surface area contributed by atoms with Crippen molar-refractivity contribution in [1.29, 1.82) is 0 Å². The highest BCUT2D eigenvalue weighted by Crippen LogP contribution is 2.91. The number of fused-ring (bicyclic) bond motifs is 1. The van der Waals surface area contributed by atoms with E-state index in [1.807, 2.05) is 0 Å². The van der Waals surface area contributed by atoms with E-state index in [4.69, 9.17) is 0 Å². The minimum absolute atomic E-state index is 0.0126. The van der Waals surface area contributed by atoms with Gasteiger partial charge in [-0.2, -0.15) is 0 Å². The monoisotopic (exact) mass is 398 g/mol. The van der Waals surface area contributed by atoms with Crippen LogP contribution in [0.4, 0.5) is 0 Å². The van der Waals surface area contributed by atoms with Gasteiger partial charge in [-0.25, -0.2) is 0 Å². The Bertz CT molecular complexity index is 542. The van der Waals surface area contributed by atoms with Gasteiger partial charge in [-0.15, -0.1) is 0 Å². The summed E-state index contributed by atoms with van der Waals surface area (Å²) in [6.07, 6.45) is 0. The lowest BCUT2D eigenvalue weighted by Crippen LogP contribution is -2.44. The van der Waals surface area contributed by atoms with Crippen LogP contribution in [0.3, 0.4) is 0 Å². The number of carbonyl (C=O) groups is 2. The van der Waals surface area contributed by atoms with E-state index in [1.165, 1.54) is 0 Å². The minimum Gasteiger partial charge on any atom is -0.294 e. The van der Waals surface area contributed by atoms with Crippen LogP contribution in [0.1, 0.15) is 83.1 Å². The molecule has 4 heteroatoms. The molecule has 0 radical (unpaired) electrons. The van der Waals surface area contributed by atoms with Crippen molar-refractivity contribution in [1.82, 2.24) is 0 Å². The molecule has 0 spiro atoms. The molecule has 0 aromatic rings. The van der Waals surface area contributed by atoms with Crippen molar-refractivity contribution < 1.29 is 9.59 Å². The van der Waals surface area contributed by atoms with Gasteiger partial charge in [0, 0.05) is 38.4 Å². The minimum atomic E-state index is -0.879. The first-order valence-electron chi connectivity index (χ1n) is 9.97. The summed E-state index contributed by atoms with van der Waals surface area (Å²) in [4.78, 5) is 27.7. The summed E-state index contributed by atoms with van der Waals surface area (Å²) in [6, 6.07) is 0. The Labute approximate surface area is 164 Å². The first-order valence-corrected chi connectivity index (χ1v) is 13.5. The number of carbonyl (C=O) groups excluding carboxylic acids is 2. The van der Waals surface area contributed by atoms with Crippen LogP contribution in [0.25, 0.3) is 0 Å². The maximum Gasteiger partial charge on any atom is 0.163 e. The Morgan fingerprint density at radius 3 is 0.885 bits per heavy atom. The molecule has 2 nitrogen and oxygen atoms in total. The average molecular weight is 399 g/mol. The fourth-order valence-electron chi connectivity index (χ4n) is 5.01. The molecule has 2 unspecified atom stereocenters. The molecule has 6 atom stereocenters. The number of rotatable bonds is 0. The van der Waals surface area contributed by atoms with Gasteiger partial charge in [-0.3, -0.25) is 9.59 Å². The summed E-state index contributed by atoms with van der Waals surface area (Å²) in [5, 5.41) is 0. The number of hydrogen-bond acceptors (Lipinski definition) is 2. The maximum atomic E-state index is 13.9. The van der Waals surface area contributed by atoms with E-state index in [1.54, 1.807) is 0 Å². The zero-order valence-corrected chi connectivity index (χ0v) is 20.8. The Balaban J connectivity index is 2.71. The highest BCUT2D eigenvalue weighted by Gasteiger charge is 2.69. The fraction of sp³-hybridized carbons (Fsp3) is 0.909. The zero-order valence-electron chi connectivity index (χ0n) is 19.0. The molecule has 26 heavy (non-hydrogen) atoms. The predicted molar refractivity (Wildman–Crippen MR) is 116 cm³/mol. The van der Waals surface area contributed by atoms with E-state index in [9.17, 15) is 9.59 Å². The van der Waals surface area contributed by atoms with Gasteiger partial charge < -0.3 is 0 Å². The van der Waals surface area contributed by atoms with Gasteiger partial charge in [-0.1, -0.05) is 83.1 Å². The molecule has 2 aliphatic heterocycles. The summed E-state index contributed by atoms with van der Waals surface area (Å²) < 4.78 is 0. The van der Waals surface area contributed by atoms with Gasteiger partial charge in [0.25, 0.3) is 0 Å². The fourth-order valence-corrected chi connectivity index (χ4v) is 18.1. The van der Waals surface area contributed by atoms with Gasteiger partial charge in [0.1, 0.15) is 0 Å². The average Bonchev–Trinajstić information content (AvgIpc) is 2.80. The second-order valence-corrected chi connectivity index (χ2v) is 18.6. The normalized spacial score (nSPS) is 36.6. The molecular formula is C22H40O2P2. The summed E-state index contributed by atoms with van der Waals surface area (Å²) in [7, 11) is -1.76. The van der Waals surface area contributed by atoms with E-state index < -0.39 is 15.2 Å². The Hall–Kier alpha value is 0.200. The Kier molecular flexibility index (Phi) is 5.49. The van der Waals surface area contributed by atoms with E-state index >= 15 is 0 Å². The van der Waals surface area contributed by atoms with E-state index in [2.05, 4.69) is 83.1 Å². The zero-order chi connectivity index (χ0) is 20.6. The van der Waals surface area contributed by atoms with Crippen LogP contribution < -0.4 is 0 Å². The highest BCUT2D eigenvalue weighted by atomic mass is 32.1. The third kappa shape index (κ3) is 3.59. The lowest BCUT2D eigenvalue weighted by atomic mass is 9.71. The number of hydrogen-bond donors (Lipinski definition) is 0. The summed E-state index contributed by atoms with van der Waals surface area (Å²) in [6.45, 7) is 26.6. The molecule has 2 heterocycles.